The minimum absolute atomic E-state index is 0. The molecule has 0 aromatic heterocycles. The predicted molar refractivity (Wildman–Crippen MR) is 201 cm³/mol. The lowest BCUT2D eigenvalue weighted by atomic mass is 9.74. The molecule has 0 amide bonds. The molecule has 0 spiro atoms. The second-order valence-corrected chi connectivity index (χ2v) is 16.6. The number of methoxy groups -OCH3 is 2. The number of likely N-dealkylation sites (N-methyl/N-ethyl adjacent to an activating group) is 1. The Hall–Kier alpha value is -0.950. The van der Waals surface area contributed by atoms with E-state index in [4.69, 9.17) is 33.2 Å². The van der Waals surface area contributed by atoms with Gasteiger partial charge in [-0.3, -0.25) is 9.59 Å². The molecule has 53 heavy (non-hydrogen) atoms. The van der Waals surface area contributed by atoms with Gasteiger partial charge >= 0.3 is 5.97 Å². The van der Waals surface area contributed by atoms with Gasteiger partial charge in [0.15, 0.2) is 12.6 Å². The molecule has 18 atom stereocenters. The van der Waals surface area contributed by atoms with E-state index in [-0.39, 0.29) is 50.7 Å². The van der Waals surface area contributed by atoms with Crippen LogP contribution in [0.4, 0.5) is 0 Å². The van der Waals surface area contributed by atoms with Gasteiger partial charge in [-0.2, -0.15) is 13.5 Å². The van der Waals surface area contributed by atoms with E-state index in [0.717, 1.165) is 0 Å². The van der Waals surface area contributed by atoms with Crippen LogP contribution in [0.5, 0.6) is 0 Å². The maximum Gasteiger partial charge on any atom is 0.311 e. The normalized spacial score (nSPS) is 48.1. The molecule has 0 aromatic carbocycles. The van der Waals surface area contributed by atoms with Crippen LogP contribution in [-0.2, 0) is 42.7 Å². The molecule has 312 valence electrons. The van der Waals surface area contributed by atoms with Crippen LogP contribution in [0, 0.1) is 23.7 Å². The van der Waals surface area contributed by atoms with E-state index < -0.39 is 102 Å². The summed E-state index contributed by atoms with van der Waals surface area (Å²) < 4.78 is 43.9. The summed E-state index contributed by atoms with van der Waals surface area (Å²) in [6.45, 7) is 17.1. The second kappa shape index (κ2) is 19.0. The number of aliphatic hydroxyl groups excluding tert-OH is 3. The van der Waals surface area contributed by atoms with Crippen molar-refractivity contribution >= 4 is 25.2 Å². The molecule has 15 heteroatoms. The minimum Gasteiger partial charge on any atom is -0.459 e. The summed E-state index contributed by atoms with van der Waals surface area (Å²) in [6.07, 6.45) is -8.73. The van der Waals surface area contributed by atoms with Crippen molar-refractivity contribution in [3.8, 4) is 0 Å². The lowest BCUT2D eigenvalue weighted by Gasteiger charge is -2.50. The van der Waals surface area contributed by atoms with E-state index in [9.17, 15) is 30.0 Å². The number of carbonyl (C=O) groups excluding carboxylic acids is 2. The van der Waals surface area contributed by atoms with Crippen molar-refractivity contribution in [3.63, 3.8) is 0 Å². The Morgan fingerprint density at radius 3 is 1.96 bits per heavy atom. The van der Waals surface area contributed by atoms with E-state index in [1.54, 1.807) is 48.5 Å². The molecule has 3 aliphatic rings. The third kappa shape index (κ3) is 10.3. The van der Waals surface area contributed by atoms with Crippen molar-refractivity contribution in [2.45, 2.75) is 179 Å². The Labute approximate surface area is 323 Å². The highest BCUT2D eigenvalue weighted by Gasteiger charge is 2.54. The number of rotatable bonds is 8. The van der Waals surface area contributed by atoms with Crippen LogP contribution in [0.15, 0.2) is 0 Å². The molecular formula is C38H71NO13S. The number of nitrogens with zero attached hydrogens (tertiary/aromatic N) is 1. The maximum atomic E-state index is 14.2. The van der Waals surface area contributed by atoms with Crippen molar-refractivity contribution in [2.24, 2.45) is 23.7 Å². The van der Waals surface area contributed by atoms with Gasteiger partial charge in [-0.05, 0) is 74.9 Å². The number of ether oxygens (including phenoxy) is 7. The summed E-state index contributed by atoms with van der Waals surface area (Å²) in [5.74, 6) is -4.47. The Morgan fingerprint density at radius 2 is 1.43 bits per heavy atom. The summed E-state index contributed by atoms with van der Waals surface area (Å²) in [5, 5.41) is 45.6. The average molecular weight is 782 g/mol. The molecule has 3 saturated heterocycles. The van der Waals surface area contributed by atoms with Crippen LogP contribution in [-0.4, -0.2) is 150 Å². The Balaban J connectivity index is 0.00000972. The Morgan fingerprint density at radius 1 is 0.849 bits per heavy atom. The van der Waals surface area contributed by atoms with Crippen molar-refractivity contribution in [1.82, 2.24) is 4.90 Å². The number of Topliss-reactive ketones (excluding diaryl/α,β-unsaturated/α-hetero) is 1. The molecule has 14 nitrogen and oxygen atoms in total. The minimum atomic E-state index is -1.96. The molecule has 3 aliphatic heterocycles. The van der Waals surface area contributed by atoms with Crippen LogP contribution in [0.2, 0.25) is 0 Å². The van der Waals surface area contributed by atoms with E-state index in [2.05, 4.69) is 0 Å². The van der Waals surface area contributed by atoms with E-state index in [0.29, 0.717) is 6.42 Å². The van der Waals surface area contributed by atoms with Gasteiger partial charge in [0.05, 0.1) is 47.6 Å². The fourth-order valence-electron chi connectivity index (χ4n) is 8.58. The fourth-order valence-corrected chi connectivity index (χ4v) is 8.58. The van der Waals surface area contributed by atoms with Gasteiger partial charge in [0.2, 0.25) is 0 Å². The topological polar surface area (TPSA) is 183 Å². The summed E-state index contributed by atoms with van der Waals surface area (Å²) >= 11 is 0. The number of carbonyl (C=O) groups is 2. The highest BCUT2D eigenvalue weighted by molar-refractivity contribution is 7.59. The number of ketones is 1. The molecule has 3 heterocycles. The van der Waals surface area contributed by atoms with Gasteiger partial charge in [0.25, 0.3) is 0 Å². The van der Waals surface area contributed by atoms with Crippen molar-refractivity contribution in [2.75, 3.05) is 28.3 Å². The first kappa shape index (κ1) is 48.2. The summed E-state index contributed by atoms with van der Waals surface area (Å²) in [7, 11) is 6.77. The van der Waals surface area contributed by atoms with E-state index >= 15 is 0 Å². The average Bonchev–Trinajstić information content (AvgIpc) is 3.09. The van der Waals surface area contributed by atoms with E-state index in [1.165, 1.54) is 21.1 Å². The van der Waals surface area contributed by atoms with Gasteiger partial charge in [0.1, 0.15) is 29.7 Å². The summed E-state index contributed by atoms with van der Waals surface area (Å²) in [6, 6.07) is -0.283. The highest BCUT2D eigenvalue weighted by Crippen LogP contribution is 2.41. The number of hydrogen-bond acceptors (Lipinski definition) is 14. The van der Waals surface area contributed by atoms with Gasteiger partial charge < -0.3 is 58.5 Å². The van der Waals surface area contributed by atoms with Crippen LogP contribution < -0.4 is 0 Å². The molecule has 0 aromatic rings. The van der Waals surface area contributed by atoms with Gasteiger partial charge in [0, 0.05) is 44.4 Å². The molecule has 4 N–H and O–H groups in total. The Kier molecular flexibility index (Phi) is 17.3. The molecule has 3 rings (SSSR count). The molecular weight excluding hydrogens is 710 g/mol. The quantitative estimate of drug-likeness (QED) is 0.264. The summed E-state index contributed by atoms with van der Waals surface area (Å²) in [4.78, 5) is 30.1. The van der Waals surface area contributed by atoms with Crippen LogP contribution in [0.1, 0.15) is 94.9 Å². The van der Waals surface area contributed by atoms with Crippen LogP contribution in [0.25, 0.3) is 0 Å². The molecule has 0 radical (unpaired) electrons. The van der Waals surface area contributed by atoms with E-state index in [1.807, 2.05) is 32.8 Å². The molecule has 0 aliphatic carbocycles. The number of esters is 1. The highest BCUT2D eigenvalue weighted by atomic mass is 32.1. The smallest absolute Gasteiger partial charge is 0.311 e. The van der Waals surface area contributed by atoms with Gasteiger partial charge in [-0.15, -0.1) is 0 Å². The van der Waals surface area contributed by atoms with Crippen molar-refractivity contribution in [3.05, 3.63) is 0 Å². The standard InChI is InChI=1S/C38H69NO13.H2S/c1-15-26-38(10,45)31(42)21(4)28(40)19(2)17-37(9,47-14)33(52-35-29(41)25(39(11)12)16-20(3)48-35)22(5)30(23(6)34(44)50-26)51-27-18-36(8,46-13)32(43)24(7)49-27;/h19-27,29-33,35,41-43,45H,15-18H2,1-14H3;1H2/t19-,20?,21+,22+,23-,24?,25?,26-,27?,29?,30+,31-,32?,33-,35?,36?,37+,38-;/m1./s1. The van der Waals surface area contributed by atoms with Crippen molar-refractivity contribution < 1.29 is 63.2 Å². The lowest BCUT2D eigenvalue weighted by molar-refractivity contribution is -0.319. The number of aliphatic hydroxyl groups is 4. The third-order valence-corrected chi connectivity index (χ3v) is 12.3. The Bertz CT molecular complexity index is 1190. The van der Waals surface area contributed by atoms with Crippen molar-refractivity contribution in [1.29, 1.82) is 0 Å². The van der Waals surface area contributed by atoms with Gasteiger partial charge in [-0.1, -0.05) is 27.7 Å². The molecule has 3 fully saturated rings. The monoisotopic (exact) mass is 781 g/mol. The number of hydrogen-bond donors (Lipinski definition) is 4. The largest absolute Gasteiger partial charge is 0.459 e. The molecule has 8 unspecified atom stereocenters. The molecule has 0 saturated carbocycles. The SMILES string of the molecule is CC[C@H]1OC(=O)[C@H](C)[C@@H](OC2CC(C)(OC)C(O)C(C)O2)[C@H](C)[C@@H](OC2OC(C)CC(N(C)C)C2O)[C@@](C)(OC)C[C@@H](C)C(=O)[C@H](C)[C@@H](O)[C@]1(C)O.S. The third-order valence-electron chi connectivity index (χ3n) is 12.3. The molecule has 0 bridgehead atoms. The zero-order valence-electron chi connectivity index (χ0n) is 34.4. The maximum absolute atomic E-state index is 14.2. The first-order valence-electron chi connectivity index (χ1n) is 18.9. The fraction of sp³-hybridized carbons (Fsp3) is 0.947. The lowest BCUT2D eigenvalue weighted by Crippen LogP contribution is -2.61. The second-order valence-electron chi connectivity index (χ2n) is 16.6. The predicted octanol–water partition coefficient (Wildman–Crippen LogP) is 2.55. The summed E-state index contributed by atoms with van der Waals surface area (Å²) in [5.41, 5.74) is -4.24. The van der Waals surface area contributed by atoms with Crippen LogP contribution >= 0.6 is 13.5 Å². The number of cyclic esters (lactones) is 1. The zero-order chi connectivity index (χ0) is 39.7. The zero-order valence-corrected chi connectivity index (χ0v) is 35.4. The van der Waals surface area contributed by atoms with Gasteiger partial charge in [-0.25, -0.2) is 0 Å². The first-order chi connectivity index (χ1) is 24.0. The first-order valence-corrected chi connectivity index (χ1v) is 18.9. The van der Waals surface area contributed by atoms with Crippen LogP contribution in [0.3, 0.4) is 0 Å².